The maximum Gasteiger partial charge on any atom is 0.160 e. The van der Waals surface area contributed by atoms with E-state index in [2.05, 4.69) is 9.97 Å². The van der Waals surface area contributed by atoms with Crippen molar-refractivity contribution in [2.45, 2.75) is 13.2 Å². The van der Waals surface area contributed by atoms with Crippen molar-refractivity contribution < 1.29 is 4.74 Å². The van der Waals surface area contributed by atoms with E-state index in [1.165, 1.54) is 0 Å². The fraction of sp³-hybridized carbons (Fsp3) is 0.200. The maximum absolute atomic E-state index is 5.96. The molecule has 3 rings (SSSR count). The molecule has 21 heavy (non-hydrogen) atoms. The largest absolute Gasteiger partial charge is 0.486 e. The first-order valence-electron chi connectivity index (χ1n) is 6.66. The molecule has 0 radical (unpaired) electrons. The Balaban J connectivity index is 1.91. The number of rotatable bonds is 5. The first-order chi connectivity index (χ1) is 10.3. The van der Waals surface area contributed by atoms with E-state index in [1.54, 1.807) is 12.3 Å². The molecule has 0 spiro atoms. The summed E-state index contributed by atoms with van der Waals surface area (Å²) in [5.41, 5.74) is 7.20. The van der Waals surface area contributed by atoms with Crippen LogP contribution in [0.3, 0.4) is 0 Å². The van der Waals surface area contributed by atoms with Crippen molar-refractivity contribution in [1.82, 2.24) is 14.5 Å². The molecule has 1 aromatic carbocycles. The van der Waals surface area contributed by atoms with Gasteiger partial charge in [-0.25, -0.2) is 9.97 Å². The predicted molar refractivity (Wildman–Crippen MR) is 82.4 cm³/mol. The molecular weight excluding hydrogens is 288 g/mol. The van der Waals surface area contributed by atoms with Crippen molar-refractivity contribution in [2.24, 2.45) is 5.73 Å². The summed E-state index contributed by atoms with van der Waals surface area (Å²) in [6.45, 7) is 1.50. The maximum atomic E-state index is 5.96. The zero-order valence-electron chi connectivity index (χ0n) is 11.4. The van der Waals surface area contributed by atoms with Gasteiger partial charge in [0.15, 0.2) is 5.65 Å². The number of halogens is 1. The summed E-state index contributed by atoms with van der Waals surface area (Å²) in [6, 6.07) is 11.4. The van der Waals surface area contributed by atoms with Gasteiger partial charge in [0, 0.05) is 19.3 Å². The lowest BCUT2D eigenvalue weighted by molar-refractivity contribution is 0.290. The van der Waals surface area contributed by atoms with E-state index in [1.807, 2.05) is 34.9 Å². The highest BCUT2D eigenvalue weighted by molar-refractivity contribution is 6.31. The molecule has 0 fully saturated rings. The molecule has 0 bridgehead atoms. The molecule has 0 aliphatic heterocycles. The smallest absolute Gasteiger partial charge is 0.160 e. The molecule has 0 saturated carbocycles. The number of benzene rings is 1. The Morgan fingerprint density at radius 3 is 2.81 bits per heavy atom. The average Bonchev–Trinajstić information content (AvgIpc) is 2.84. The molecule has 0 saturated heterocycles. The third kappa shape index (κ3) is 2.99. The number of aromatic nitrogens is 3. The number of fused-ring (bicyclic) bond motifs is 1. The van der Waals surface area contributed by atoms with Crippen molar-refractivity contribution in [2.75, 3.05) is 6.54 Å². The van der Waals surface area contributed by atoms with Crippen molar-refractivity contribution in [3.63, 3.8) is 0 Å². The number of pyridine rings is 1. The summed E-state index contributed by atoms with van der Waals surface area (Å²) in [7, 11) is 0. The van der Waals surface area contributed by atoms with Crippen molar-refractivity contribution in [3.8, 4) is 5.75 Å². The summed E-state index contributed by atoms with van der Waals surface area (Å²) < 4.78 is 7.72. The topological polar surface area (TPSA) is 66.0 Å². The van der Waals surface area contributed by atoms with E-state index < -0.39 is 0 Å². The molecule has 0 amide bonds. The molecule has 2 heterocycles. The van der Waals surface area contributed by atoms with Crippen LogP contribution in [0, 0.1) is 0 Å². The number of hydrogen-bond acceptors (Lipinski definition) is 4. The van der Waals surface area contributed by atoms with Crippen LogP contribution in [0.1, 0.15) is 5.82 Å². The summed E-state index contributed by atoms with van der Waals surface area (Å²) in [6.07, 6.45) is 1.61. The van der Waals surface area contributed by atoms with E-state index in [4.69, 9.17) is 22.1 Å². The number of nitrogens with zero attached hydrogens (tertiary/aromatic N) is 3. The first kappa shape index (κ1) is 13.9. The van der Waals surface area contributed by atoms with Crippen LogP contribution in [0.25, 0.3) is 11.2 Å². The molecule has 0 unspecified atom stereocenters. The average molecular weight is 303 g/mol. The lowest BCUT2D eigenvalue weighted by Crippen LogP contribution is -2.14. The van der Waals surface area contributed by atoms with E-state index in [0.29, 0.717) is 24.7 Å². The highest BCUT2D eigenvalue weighted by Gasteiger charge is 2.12. The Hall–Kier alpha value is -2.11. The van der Waals surface area contributed by atoms with Gasteiger partial charge in [-0.15, -0.1) is 0 Å². The summed E-state index contributed by atoms with van der Waals surface area (Å²) >= 11 is 5.96. The molecule has 2 N–H and O–H groups in total. The van der Waals surface area contributed by atoms with Gasteiger partial charge < -0.3 is 15.0 Å². The van der Waals surface area contributed by atoms with Crippen LogP contribution in [0.4, 0.5) is 0 Å². The zero-order valence-corrected chi connectivity index (χ0v) is 12.1. The van der Waals surface area contributed by atoms with Gasteiger partial charge in [0.1, 0.15) is 23.7 Å². The van der Waals surface area contributed by atoms with Crippen LogP contribution in [0.5, 0.6) is 5.75 Å². The summed E-state index contributed by atoms with van der Waals surface area (Å²) in [5, 5.41) is 0.565. The zero-order chi connectivity index (χ0) is 14.7. The lowest BCUT2D eigenvalue weighted by Gasteiger charge is -2.08. The first-order valence-corrected chi connectivity index (χ1v) is 7.04. The predicted octanol–water partition coefficient (Wildman–Crippen LogP) is 2.62. The third-order valence-electron chi connectivity index (χ3n) is 3.09. The van der Waals surface area contributed by atoms with E-state index >= 15 is 0 Å². The minimum Gasteiger partial charge on any atom is -0.486 e. The molecule has 6 heteroatoms. The van der Waals surface area contributed by atoms with Gasteiger partial charge in [0.05, 0.1) is 5.02 Å². The van der Waals surface area contributed by atoms with Crippen LogP contribution in [-0.4, -0.2) is 21.1 Å². The quantitative estimate of drug-likeness (QED) is 0.787. The molecule has 0 aliphatic rings. The minimum absolute atomic E-state index is 0.359. The molecular formula is C15H15ClN4O. The Labute approximate surface area is 127 Å². The second-order valence-corrected chi connectivity index (χ2v) is 5.00. The van der Waals surface area contributed by atoms with E-state index in [9.17, 15) is 0 Å². The lowest BCUT2D eigenvalue weighted by atomic mass is 10.3. The minimum atomic E-state index is 0.359. The number of hydrogen-bond donors (Lipinski definition) is 1. The van der Waals surface area contributed by atoms with E-state index in [0.717, 1.165) is 22.7 Å². The second kappa shape index (κ2) is 6.11. The molecule has 0 atom stereocenters. The highest BCUT2D eigenvalue weighted by Crippen LogP contribution is 2.19. The number of imidazole rings is 1. The Bertz CT molecular complexity index is 742. The summed E-state index contributed by atoms with van der Waals surface area (Å²) in [4.78, 5) is 8.88. The van der Waals surface area contributed by atoms with Crippen LogP contribution in [0.15, 0.2) is 42.6 Å². The van der Waals surface area contributed by atoms with Crippen LogP contribution < -0.4 is 10.5 Å². The van der Waals surface area contributed by atoms with Crippen molar-refractivity contribution in [3.05, 3.63) is 53.4 Å². The number of para-hydroxylation sites is 1. The fourth-order valence-corrected chi connectivity index (χ4v) is 2.32. The monoisotopic (exact) mass is 302 g/mol. The Morgan fingerprint density at radius 1 is 1.24 bits per heavy atom. The van der Waals surface area contributed by atoms with Gasteiger partial charge >= 0.3 is 0 Å². The molecule has 3 aromatic rings. The fourth-order valence-electron chi connectivity index (χ4n) is 2.17. The normalized spacial score (nSPS) is 11.0. The van der Waals surface area contributed by atoms with Crippen molar-refractivity contribution in [1.29, 1.82) is 0 Å². The Morgan fingerprint density at radius 2 is 2.05 bits per heavy atom. The van der Waals surface area contributed by atoms with Gasteiger partial charge in [-0.05, 0) is 18.2 Å². The van der Waals surface area contributed by atoms with Crippen molar-refractivity contribution >= 4 is 22.8 Å². The van der Waals surface area contributed by atoms with Gasteiger partial charge in [0.25, 0.3) is 0 Å². The SMILES string of the molecule is NCCn1c(COc2ccccc2)nc2cc(Cl)cnc21. The third-order valence-corrected chi connectivity index (χ3v) is 3.30. The standard InChI is InChI=1S/C15H15ClN4O/c16-11-8-13-15(18-9-11)20(7-6-17)14(19-13)10-21-12-4-2-1-3-5-12/h1-5,8-9H,6-7,10,17H2. The van der Waals surface area contributed by atoms with Crippen LogP contribution in [-0.2, 0) is 13.2 Å². The molecule has 108 valence electrons. The van der Waals surface area contributed by atoms with Gasteiger partial charge in [-0.1, -0.05) is 29.8 Å². The van der Waals surface area contributed by atoms with Crippen LogP contribution >= 0.6 is 11.6 Å². The second-order valence-electron chi connectivity index (χ2n) is 4.57. The number of nitrogens with two attached hydrogens (primary N) is 1. The van der Waals surface area contributed by atoms with Gasteiger partial charge in [-0.3, -0.25) is 0 Å². The summed E-state index contributed by atoms with van der Waals surface area (Å²) in [5.74, 6) is 1.59. The molecule has 0 aliphatic carbocycles. The Kier molecular flexibility index (Phi) is 4.03. The molecule has 2 aromatic heterocycles. The number of ether oxygens (including phenoxy) is 1. The highest BCUT2D eigenvalue weighted by atomic mass is 35.5. The van der Waals surface area contributed by atoms with E-state index in [-0.39, 0.29) is 0 Å². The van der Waals surface area contributed by atoms with Crippen LogP contribution in [0.2, 0.25) is 5.02 Å². The molecule has 5 nitrogen and oxygen atoms in total. The van der Waals surface area contributed by atoms with Gasteiger partial charge in [0.2, 0.25) is 0 Å². The van der Waals surface area contributed by atoms with Gasteiger partial charge in [-0.2, -0.15) is 0 Å².